The summed E-state index contributed by atoms with van der Waals surface area (Å²) in [6.45, 7) is 3.56. The summed E-state index contributed by atoms with van der Waals surface area (Å²) >= 11 is 0. The van der Waals surface area contributed by atoms with Crippen LogP contribution in [0.5, 0.6) is 0 Å². The van der Waals surface area contributed by atoms with Gasteiger partial charge in [0, 0.05) is 17.6 Å². The van der Waals surface area contributed by atoms with E-state index in [4.69, 9.17) is 9.72 Å². The molecule has 0 spiro atoms. The minimum atomic E-state index is -0.228. The Hall–Kier alpha value is -1.81. The van der Waals surface area contributed by atoms with Crippen molar-refractivity contribution < 1.29 is 9.53 Å². The molecule has 21 heavy (non-hydrogen) atoms. The zero-order valence-electron chi connectivity index (χ0n) is 12.0. The number of ether oxygens (including phenoxy) is 1. The van der Waals surface area contributed by atoms with E-state index in [0.29, 0.717) is 13.2 Å². The molecule has 1 aliphatic heterocycles. The Kier molecular flexibility index (Phi) is 5.02. The van der Waals surface area contributed by atoms with Crippen molar-refractivity contribution in [2.75, 3.05) is 13.2 Å². The minimum absolute atomic E-state index is 0. The van der Waals surface area contributed by atoms with Crippen LogP contribution in [0.15, 0.2) is 30.3 Å². The van der Waals surface area contributed by atoms with Crippen molar-refractivity contribution in [3.63, 3.8) is 0 Å². The first-order valence-electron chi connectivity index (χ1n) is 7.07. The van der Waals surface area contributed by atoms with Gasteiger partial charge in [-0.05, 0) is 37.5 Å². The van der Waals surface area contributed by atoms with Crippen LogP contribution in [-0.4, -0.2) is 29.1 Å². The second-order valence-corrected chi connectivity index (χ2v) is 5.01. The number of para-hydroxylation sites is 1. The van der Waals surface area contributed by atoms with Crippen LogP contribution in [0.25, 0.3) is 10.9 Å². The second-order valence-electron chi connectivity index (χ2n) is 5.01. The monoisotopic (exact) mass is 306 g/mol. The molecule has 1 aromatic carbocycles. The number of benzene rings is 1. The predicted molar refractivity (Wildman–Crippen MR) is 84.7 cm³/mol. The lowest BCUT2D eigenvalue weighted by atomic mass is 10.1. The summed E-state index contributed by atoms with van der Waals surface area (Å²) in [4.78, 5) is 18.4. The lowest BCUT2D eigenvalue weighted by Gasteiger charge is -2.19. The molecule has 1 aliphatic rings. The fourth-order valence-electron chi connectivity index (χ4n) is 2.65. The van der Waals surface area contributed by atoms with E-state index in [0.717, 1.165) is 41.5 Å². The standard InChI is InChI=1S/C16H18N2O2.ClH/c1-2-20-16(19)18-9-5-8-15-13(11-18)10-12-6-3-4-7-14(12)17-15;/h3-4,6-7,10H,2,5,8-9,11H2,1H3;1H. The number of amides is 1. The van der Waals surface area contributed by atoms with E-state index in [2.05, 4.69) is 12.1 Å². The van der Waals surface area contributed by atoms with Crippen molar-refractivity contribution in [3.8, 4) is 0 Å². The highest BCUT2D eigenvalue weighted by molar-refractivity contribution is 5.85. The number of nitrogens with zero attached hydrogens (tertiary/aromatic N) is 2. The Bertz CT molecular complexity index is 645. The molecular weight excluding hydrogens is 288 g/mol. The van der Waals surface area contributed by atoms with E-state index in [9.17, 15) is 4.79 Å². The van der Waals surface area contributed by atoms with E-state index in [-0.39, 0.29) is 18.5 Å². The molecule has 0 N–H and O–H groups in total. The van der Waals surface area contributed by atoms with Crippen LogP contribution in [0.1, 0.15) is 24.6 Å². The van der Waals surface area contributed by atoms with Crippen LogP contribution in [0.3, 0.4) is 0 Å². The molecule has 0 bridgehead atoms. The molecule has 5 heteroatoms. The molecule has 1 aromatic heterocycles. The maximum absolute atomic E-state index is 11.9. The predicted octanol–water partition coefficient (Wildman–Crippen LogP) is 3.56. The highest BCUT2D eigenvalue weighted by Crippen LogP contribution is 2.22. The van der Waals surface area contributed by atoms with Gasteiger partial charge in [0.2, 0.25) is 0 Å². The lowest BCUT2D eigenvalue weighted by Crippen LogP contribution is -2.31. The van der Waals surface area contributed by atoms with Gasteiger partial charge in [-0.25, -0.2) is 4.79 Å². The van der Waals surface area contributed by atoms with Gasteiger partial charge < -0.3 is 9.64 Å². The molecule has 112 valence electrons. The van der Waals surface area contributed by atoms with Crippen LogP contribution in [0, 0.1) is 0 Å². The third kappa shape index (κ3) is 3.27. The molecule has 1 amide bonds. The normalized spacial score (nSPS) is 14.0. The summed E-state index contributed by atoms with van der Waals surface area (Å²) in [5.74, 6) is 0. The fraction of sp³-hybridized carbons (Fsp3) is 0.375. The van der Waals surface area contributed by atoms with Crippen molar-refractivity contribution in [3.05, 3.63) is 41.6 Å². The molecule has 0 unspecified atom stereocenters. The highest BCUT2D eigenvalue weighted by atomic mass is 35.5. The molecule has 2 heterocycles. The SMILES string of the molecule is CCOC(=O)N1CCCc2nc3ccccc3cc2C1.Cl. The molecule has 4 nitrogen and oxygen atoms in total. The van der Waals surface area contributed by atoms with Crippen LogP contribution in [0.2, 0.25) is 0 Å². The first kappa shape index (κ1) is 15.6. The minimum Gasteiger partial charge on any atom is -0.450 e. The number of hydrogen-bond donors (Lipinski definition) is 0. The van der Waals surface area contributed by atoms with Crippen LogP contribution in [-0.2, 0) is 17.7 Å². The number of aryl methyl sites for hydroxylation is 1. The van der Waals surface area contributed by atoms with E-state index >= 15 is 0 Å². The number of halogens is 1. The Labute approximate surface area is 130 Å². The van der Waals surface area contributed by atoms with Crippen molar-refractivity contribution in [1.29, 1.82) is 0 Å². The Morgan fingerprint density at radius 2 is 2.19 bits per heavy atom. The van der Waals surface area contributed by atoms with Gasteiger partial charge in [0.15, 0.2) is 0 Å². The van der Waals surface area contributed by atoms with Crippen molar-refractivity contribution >= 4 is 29.4 Å². The maximum Gasteiger partial charge on any atom is 0.410 e. The number of fused-ring (bicyclic) bond motifs is 2. The summed E-state index contributed by atoms with van der Waals surface area (Å²) in [7, 11) is 0. The average molecular weight is 307 g/mol. The van der Waals surface area contributed by atoms with Crippen molar-refractivity contribution in [2.45, 2.75) is 26.3 Å². The Morgan fingerprint density at radius 1 is 1.38 bits per heavy atom. The number of aromatic nitrogens is 1. The van der Waals surface area contributed by atoms with Gasteiger partial charge in [0.25, 0.3) is 0 Å². The summed E-state index contributed by atoms with van der Waals surface area (Å²) < 4.78 is 5.11. The van der Waals surface area contributed by atoms with E-state index in [1.807, 2.05) is 25.1 Å². The van der Waals surface area contributed by atoms with Gasteiger partial charge in [0.1, 0.15) is 0 Å². The van der Waals surface area contributed by atoms with Crippen LogP contribution < -0.4 is 0 Å². The summed E-state index contributed by atoms with van der Waals surface area (Å²) in [5, 5.41) is 1.12. The van der Waals surface area contributed by atoms with Gasteiger partial charge >= 0.3 is 6.09 Å². The smallest absolute Gasteiger partial charge is 0.410 e. The number of hydrogen-bond acceptors (Lipinski definition) is 3. The topological polar surface area (TPSA) is 42.4 Å². The second kappa shape index (κ2) is 6.76. The molecule has 0 radical (unpaired) electrons. The molecule has 0 atom stereocenters. The van der Waals surface area contributed by atoms with Gasteiger partial charge in [0.05, 0.1) is 18.7 Å². The van der Waals surface area contributed by atoms with E-state index in [1.165, 1.54) is 0 Å². The molecule has 3 rings (SSSR count). The third-order valence-electron chi connectivity index (χ3n) is 3.62. The molecule has 0 fully saturated rings. The van der Waals surface area contributed by atoms with Crippen molar-refractivity contribution in [2.24, 2.45) is 0 Å². The fourth-order valence-corrected chi connectivity index (χ4v) is 2.65. The largest absolute Gasteiger partial charge is 0.450 e. The molecular formula is C16H19ClN2O2. The van der Waals surface area contributed by atoms with Crippen molar-refractivity contribution in [1.82, 2.24) is 9.88 Å². The van der Waals surface area contributed by atoms with Gasteiger partial charge in [-0.1, -0.05) is 18.2 Å². The van der Waals surface area contributed by atoms with Crippen LogP contribution >= 0.6 is 12.4 Å². The Balaban J connectivity index is 0.00000161. The highest BCUT2D eigenvalue weighted by Gasteiger charge is 2.20. The molecule has 0 saturated heterocycles. The molecule has 2 aromatic rings. The Morgan fingerprint density at radius 3 is 3.00 bits per heavy atom. The first-order valence-corrected chi connectivity index (χ1v) is 7.07. The summed E-state index contributed by atoms with van der Waals surface area (Å²) in [5.41, 5.74) is 3.26. The van der Waals surface area contributed by atoms with Gasteiger partial charge in [-0.15, -0.1) is 12.4 Å². The lowest BCUT2D eigenvalue weighted by molar-refractivity contribution is 0.105. The van der Waals surface area contributed by atoms with Gasteiger partial charge in [-0.2, -0.15) is 0 Å². The summed E-state index contributed by atoms with van der Waals surface area (Å²) in [6.07, 6.45) is 1.61. The maximum atomic E-state index is 11.9. The van der Waals surface area contributed by atoms with E-state index in [1.54, 1.807) is 4.90 Å². The zero-order chi connectivity index (χ0) is 13.9. The average Bonchev–Trinajstić information content (AvgIpc) is 2.67. The number of rotatable bonds is 1. The number of carbonyl (C=O) groups is 1. The third-order valence-corrected chi connectivity index (χ3v) is 3.62. The quantitative estimate of drug-likeness (QED) is 0.809. The molecule has 0 saturated carbocycles. The van der Waals surface area contributed by atoms with Crippen LogP contribution in [0.4, 0.5) is 4.79 Å². The number of pyridine rings is 1. The van der Waals surface area contributed by atoms with Gasteiger partial charge in [-0.3, -0.25) is 4.98 Å². The first-order chi connectivity index (χ1) is 9.78. The summed E-state index contributed by atoms with van der Waals surface area (Å²) in [6, 6.07) is 10.3. The number of carbonyl (C=O) groups excluding carboxylic acids is 1. The zero-order valence-corrected chi connectivity index (χ0v) is 12.9. The van der Waals surface area contributed by atoms with E-state index < -0.39 is 0 Å². The molecule has 0 aliphatic carbocycles.